The standard InChI is InChI=1S/C12H9ClO3S/c1-8(14)16-11-6-7-12(17(13)15)10-5-3-2-4-9(10)11/h2-7H,1H3. The summed E-state index contributed by atoms with van der Waals surface area (Å²) in [5.41, 5.74) is 0. The van der Waals surface area contributed by atoms with Crippen LogP contribution in [0, 0.1) is 0 Å². The van der Waals surface area contributed by atoms with Crippen molar-refractivity contribution in [1.29, 1.82) is 0 Å². The van der Waals surface area contributed by atoms with E-state index < -0.39 is 16.0 Å². The Morgan fingerprint density at radius 1 is 1.18 bits per heavy atom. The summed E-state index contributed by atoms with van der Waals surface area (Å²) in [5.74, 6) is 0.0499. The normalized spacial score (nSPS) is 12.4. The molecule has 2 aromatic carbocycles. The lowest BCUT2D eigenvalue weighted by atomic mass is 10.1. The summed E-state index contributed by atoms with van der Waals surface area (Å²) in [6, 6.07) is 10.4. The van der Waals surface area contributed by atoms with Gasteiger partial charge in [-0.15, -0.1) is 0 Å². The van der Waals surface area contributed by atoms with E-state index in [-0.39, 0.29) is 0 Å². The van der Waals surface area contributed by atoms with Crippen LogP contribution in [0.2, 0.25) is 0 Å². The number of hydrogen-bond donors (Lipinski definition) is 0. The summed E-state index contributed by atoms with van der Waals surface area (Å²) in [4.78, 5) is 11.5. The van der Waals surface area contributed by atoms with Gasteiger partial charge in [0.1, 0.15) is 15.8 Å². The van der Waals surface area contributed by atoms with Crippen LogP contribution in [0.5, 0.6) is 5.75 Å². The third kappa shape index (κ3) is 2.48. The molecule has 0 amide bonds. The Labute approximate surface area is 105 Å². The second-order valence-corrected chi connectivity index (χ2v) is 5.15. The Balaban J connectivity index is 2.70. The molecule has 0 aliphatic heterocycles. The van der Waals surface area contributed by atoms with Gasteiger partial charge in [0.2, 0.25) is 0 Å². The van der Waals surface area contributed by atoms with Crippen molar-refractivity contribution in [1.82, 2.24) is 0 Å². The lowest BCUT2D eigenvalue weighted by Gasteiger charge is -2.08. The molecule has 0 aliphatic rings. The number of carbonyl (C=O) groups is 1. The van der Waals surface area contributed by atoms with Crippen molar-refractivity contribution in [3.05, 3.63) is 36.4 Å². The van der Waals surface area contributed by atoms with E-state index in [2.05, 4.69) is 0 Å². The Morgan fingerprint density at radius 3 is 2.41 bits per heavy atom. The van der Waals surface area contributed by atoms with Gasteiger partial charge in [-0.3, -0.25) is 4.79 Å². The van der Waals surface area contributed by atoms with E-state index in [1.165, 1.54) is 6.92 Å². The van der Waals surface area contributed by atoms with E-state index in [1.54, 1.807) is 24.3 Å². The largest absolute Gasteiger partial charge is 0.426 e. The first-order valence-electron chi connectivity index (χ1n) is 4.88. The van der Waals surface area contributed by atoms with E-state index in [9.17, 15) is 9.00 Å². The minimum absolute atomic E-state index is 0.394. The zero-order chi connectivity index (χ0) is 12.4. The topological polar surface area (TPSA) is 43.4 Å². The molecule has 1 atom stereocenters. The number of benzene rings is 2. The molecule has 2 aromatic rings. The molecule has 0 aliphatic carbocycles. The van der Waals surface area contributed by atoms with Gasteiger partial charge in [-0.2, -0.15) is 0 Å². The van der Waals surface area contributed by atoms with Gasteiger partial charge >= 0.3 is 5.97 Å². The summed E-state index contributed by atoms with van der Waals surface area (Å²) in [7, 11) is 4.01. The molecule has 5 heteroatoms. The quantitative estimate of drug-likeness (QED) is 0.478. The molecule has 0 fully saturated rings. The van der Waals surface area contributed by atoms with Gasteiger partial charge in [0.05, 0.1) is 4.90 Å². The summed E-state index contributed by atoms with van der Waals surface area (Å²) in [6.45, 7) is 1.34. The van der Waals surface area contributed by atoms with Crippen molar-refractivity contribution in [2.75, 3.05) is 0 Å². The third-order valence-corrected chi connectivity index (χ3v) is 3.47. The Morgan fingerprint density at radius 2 is 1.82 bits per heavy atom. The van der Waals surface area contributed by atoms with Crippen molar-refractivity contribution in [2.45, 2.75) is 11.8 Å². The van der Waals surface area contributed by atoms with Gasteiger partial charge in [-0.1, -0.05) is 24.3 Å². The maximum absolute atomic E-state index is 11.4. The molecule has 1 unspecified atom stereocenters. The second kappa shape index (κ2) is 4.85. The maximum Gasteiger partial charge on any atom is 0.308 e. The number of esters is 1. The second-order valence-electron chi connectivity index (χ2n) is 3.42. The Kier molecular flexibility index (Phi) is 3.45. The average molecular weight is 269 g/mol. The van der Waals surface area contributed by atoms with Crippen LogP contribution in [0.15, 0.2) is 41.3 Å². The van der Waals surface area contributed by atoms with Gasteiger partial charge in [0.15, 0.2) is 0 Å². The van der Waals surface area contributed by atoms with Crippen LogP contribution < -0.4 is 4.74 Å². The highest BCUT2D eigenvalue weighted by Crippen LogP contribution is 2.31. The molecule has 0 bridgehead atoms. The van der Waals surface area contributed by atoms with Crippen molar-refractivity contribution in [3.8, 4) is 5.75 Å². The van der Waals surface area contributed by atoms with Crippen LogP contribution in [0.25, 0.3) is 10.8 Å². The van der Waals surface area contributed by atoms with Crippen LogP contribution in [-0.2, 0) is 14.8 Å². The minimum atomic E-state index is -1.59. The maximum atomic E-state index is 11.4. The lowest BCUT2D eigenvalue weighted by molar-refractivity contribution is -0.131. The molecule has 0 saturated carbocycles. The van der Waals surface area contributed by atoms with Crippen LogP contribution in [0.4, 0.5) is 0 Å². The molecular formula is C12H9ClO3S. The van der Waals surface area contributed by atoms with Gasteiger partial charge < -0.3 is 4.74 Å². The fourth-order valence-corrected chi connectivity index (χ4v) is 2.56. The monoisotopic (exact) mass is 268 g/mol. The van der Waals surface area contributed by atoms with Gasteiger partial charge in [0, 0.05) is 17.7 Å². The smallest absolute Gasteiger partial charge is 0.308 e. The number of fused-ring (bicyclic) bond motifs is 1. The first-order chi connectivity index (χ1) is 8.09. The Bertz CT molecular complexity index is 610. The highest BCUT2D eigenvalue weighted by atomic mass is 35.7. The van der Waals surface area contributed by atoms with Gasteiger partial charge in [-0.25, -0.2) is 4.21 Å². The van der Waals surface area contributed by atoms with E-state index in [1.807, 2.05) is 12.1 Å². The summed E-state index contributed by atoms with van der Waals surface area (Å²) in [5, 5.41) is 1.44. The van der Waals surface area contributed by atoms with Crippen LogP contribution in [-0.4, -0.2) is 10.2 Å². The lowest BCUT2D eigenvalue weighted by Crippen LogP contribution is -2.02. The molecule has 0 heterocycles. The summed E-state index contributed by atoms with van der Waals surface area (Å²) >= 11 is 0. The van der Waals surface area contributed by atoms with Crippen molar-refractivity contribution in [3.63, 3.8) is 0 Å². The number of ether oxygens (including phenoxy) is 1. The zero-order valence-corrected chi connectivity index (χ0v) is 10.5. The first-order valence-corrected chi connectivity index (χ1v) is 6.85. The van der Waals surface area contributed by atoms with Crippen LogP contribution >= 0.6 is 10.7 Å². The average Bonchev–Trinajstić information content (AvgIpc) is 2.28. The van der Waals surface area contributed by atoms with E-state index in [0.29, 0.717) is 16.0 Å². The van der Waals surface area contributed by atoms with Crippen LogP contribution in [0.1, 0.15) is 6.92 Å². The number of rotatable bonds is 2. The zero-order valence-electron chi connectivity index (χ0n) is 8.98. The Hall–Kier alpha value is -1.39. The number of carbonyl (C=O) groups excluding carboxylic acids is 1. The van der Waals surface area contributed by atoms with E-state index in [4.69, 9.17) is 15.4 Å². The molecule has 0 N–H and O–H groups in total. The molecule has 0 saturated heterocycles. The number of halogens is 1. The number of hydrogen-bond acceptors (Lipinski definition) is 3. The van der Waals surface area contributed by atoms with Crippen molar-refractivity contribution in [2.24, 2.45) is 0 Å². The molecule has 88 valence electrons. The molecule has 2 rings (SSSR count). The highest BCUT2D eigenvalue weighted by molar-refractivity contribution is 8.08. The summed E-state index contributed by atoms with van der Waals surface area (Å²) in [6.07, 6.45) is 0. The van der Waals surface area contributed by atoms with E-state index in [0.717, 1.165) is 5.39 Å². The predicted molar refractivity (Wildman–Crippen MR) is 67.5 cm³/mol. The fourth-order valence-electron chi connectivity index (χ4n) is 1.63. The van der Waals surface area contributed by atoms with Crippen LogP contribution in [0.3, 0.4) is 0 Å². The van der Waals surface area contributed by atoms with Gasteiger partial charge in [0.25, 0.3) is 0 Å². The fraction of sp³-hybridized carbons (Fsp3) is 0.0833. The molecule has 17 heavy (non-hydrogen) atoms. The molecule has 0 aromatic heterocycles. The van der Waals surface area contributed by atoms with Gasteiger partial charge in [-0.05, 0) is 22.8 Å². The first kappa shape index (κ1) is 12.1. The molecular weight excluding hydrogens is 260 g/mol. The van der Waals surface area contributed by atoms with E-state index >= 15 is 0 Å². The van der Waals surface area contributed by atoms with Crippen molar-refractivity contribution >= 4 is 37.4 Å². The molecule has 0 radical (unpaired) electrons. The SMILES string of the molecule is CC(=O)Oc1ccc(S(=O)Cl)c2ccccc12. The third-order valence-electron chi connectivity index (χ3n) is 2.27. The highest BCUT2D eigenvalue weighted by Gasteiger charge is 2.11. The van der Waals surface area contributed by atoms with Crippen molar-refractivity contribution < 1.29 is 13.7 Å². The minimum Gasteiger partial charge on any atom is -0.426 e. The molecule has 3 nitrogen and oxygen atoms in total. The molecule has 0 spiro atoms. The predicted octanol–water partition coefficient (Wildman–Crippen LogP) is 3.03. The summed E-state index contributed by atoms with van der Waals surface area (Å²) < 4.78 is 16.4.